The van der Waals surface area contributed by atoms with Crippen LogP contribution in [-0.4, -0.2) is 0 Å². The minimum Gasteiger partial charge on any atom is -0.205 e. The highest BCUT2D eigenvalue weighted by atomic mass is 14.9. The number of pyridine rings is 1. The number of hydrogen-bond acceptors (Lipinski definition) is 0. The van der Waals surface area contributed by atoms with Gasteiger partial charge in [0.05, 0.1) is 0 Å². The molecule has 0 aliphatic rings. The van der Waals surface area contributed by atoms with Crippen molar-refractivity contribution in [2.45, 2.75) is 175 Å². The van der Waals surface area contributed by atoms with E-state index in [0.717, 1.165) is 0 Å². The Morgan fingerprint density at radius 2 is 0.758 bits per heavy atom. The molecule has 1 heterocycles. The van der Waals surface area contributed by atoms with Gasteiger partial charge in [-0.05, 0) is 38.2 Å². The van der Waals surface area contributed by atoms with Gasteiger partial charge in [-0.25, -0.2) is 4.57 Å². The first-order valence-corrected chi connectivity index (χ1v) is 15.3. The van der Waals surface area contributed by atoms with Crippen LogP contribution < -0.4 is 4.57 Å². The molecule has 0 aliphatic heterocycles. The molecule has 1 rings (SSSR count). The lowest BCUT2D eigenvalue weighted by atomic mass is 10.0. The van der Waals surface area contributed by atoms with Crippen molar-refractivity contribution in [3.63, 3.8) is 0 Å². The van der Waals surface area contributed by atoms with Crippen LogP contribution in [0.25, 0.3) is 0 Å². The molecule has 1 nitrogen and oxygen atoms in total. The first-order valence-electron chi connectivity index (χ1n) is 15.3. The van der Waals surface area contributed by atoms with Gasteiger partial charge in [-0.2, -0.15) is 0 Å². The van der Waals surface area contributed by atoms with E-state index in [0.29, 0.717) is 0 Å². The van der Waals surface area contributed by atoms with Gasteiger partial charge in [0.15, 0.2) is 12.4 Å². The van der Waals surface area contributed by atoms with Crippen molar-refractivity contribution in [1.82, 2.24) is 0 Å². The van der Waals surface area contributed by atoms with Crippen LogP contribution in [0.2, 0.25) is 0 Å². The van der Waals surface area contributed by atoms with Gasteiger partial charge in [0, 0.05) is 17.5 Å². The molecule has 0 aliphatic carbocycles. The van der Waals surface area contributed by atoms with Crippen molar-refractivity contribution in [1.29, 1.82) is 0 Å². The van der Waals surface area contributed by atoms with E-state index in [-0.39, 0.29) is 0 Å². The Balaban J connectivity index is 2.34. The topological polar surface area (TPSA) is 3.88 Å². The molecule has 0 N–H and O–H groups in total. The van der Waals surface area contributed by atoms with Crippen LogP contribution in [0, 0.1) is 0 Å². The van der Waals surface area contributed by atoms with Crippen LogP contribution in [0.15, 0.2) is 18.5 Å². The van der Waals surface area contributed by atoms with Gasteiger partial charge in [0.25, 0.3) is 0 Å². The molecule has 0 saturated carbocycles. The maximum atomic E-state index is 2.54. The van der Waals surface area contributed by atoms with E-state index in [2.05, 4.69) is 43.8 Å². The summed E-state index contributed by atoms with van der Waals surface area (Å²) in [5.41, 5.74) is 3.17. The highest BCUT2D eigenvalue weighted by molar-refractivity contribution is 5.15. The lowest BCUT2D eigenvalue weighted by Gasteiger charge is -2.07. The second-order valence-electron chi connectivity index (χ2n) is 10.7. The third kappa shape index (κ3) is 18.2. The molecule has 0 atom stereocenters. The largest absolute Gasteiger partial charge is 0.205 e. The van der Waals surface area contributed by atoms with Crippen LogP contribution in [0.4, 0.5) is 0 Å². The van der Waals surface area contributed by atoms with Crippen LogP contribution >= 0.6 is 0 Å². The van der Waals surface area contributed by atoms with Crippen molar-refractivity contribution < 1.29 is 4.57 Å². The average Bonchev–Trinajstić information content (AvgIpc) is 2.82. The van der Waals surface area contributed by atoms with E-state index < -0.39 is 0 Å². The van der Waals surface area contributed by atoms with Crippen LogP contribution in [-0.2, 0) is 19.4 Å². The Bertz CT molecular complexity index is 503. The normalized spacial score (nSPS) is 11.4. The summed E-state index contributed by atoms with van der Waals surface area (Å²) >= 11 is 0. The van der Waals surface area contributed by atoms with Crippen LogP contribution in [0.1, 0.15) is 167 Å². The summed E-state index contributed by atoms with van der Waals surface area (Å²) in [6.07, 6.45) is 37.0. The summed E-state index contributed by atoms with van der Waals surface area (Å²) in [5.74, 6) is 0. The van der Waals surface area contributed by atoms with Gasteiger partial charge in [-0.15, -0.1) is 0 Å². The number of rotatable bonds is 24. The zero-order valence-electron chi connectivity index (χ0n) is 23.1. The zero-order chi connectivity index (χ0) is 23.8. The van der Waals surface area contributed by atoms with Crippen molar-refractivity contribution in [3.8, 4) is 0 Å². The summed E-state index contributed by atoms with van der Waals surface area (Å²) in [4.78, 5) is 0. The maximum absolute atomic E-state index is 2.54. The fourth-order valence-electron chi connectivity index (χ4n) is 5.00. The summed E-state index contributed by atoms with van der Waals surface area (Å²) in [6.45, 7) is 8.13. The van der Waals surface area contributed by atoms with Gasteiger partial charge >= 0.3 is 0 Å². The smallest absolute Gasteiger partial charge is 0.171 e. The van der Waals surface area contributed by atoms with E-state index >= 15 is 0 Å². The minimum absolute atomic E-state index is 1.21. The molecule has 0 unspecified atom stereocenters. The van der Waals surface area contributed by atoms with Crippen molar-refractivity contribution in [3.05, 3.63) is 29.6 Å². The molecule has 192 valence electrons. The van der Waals surface area contributed by atoms with E-state index in [1.165, 1.54) is 154 Å². The number of aromatic nitrogens is 1. The van der Waals surface area contributed by atoms with Crippen molar-refractivity contribution in [2.75, 3.05) is 0 Å². The van der Waals surface area contributed by atoms with Gasteiger partial charge in [-0.3, -0.25) is 0 Å². The monoisotopic (exact) mass is 458 g/mol. The Labute approximate surface area is 209 Å². The van der Waals surface area contributed by atoms with Gasteiger partial charge in [0.1, 0.15) is 6.54 Å². The highest BCUT2D eigenvalue weighted by Gasteiger charge is 2.08. The predicted octanol–water partition coefficient (Wildman–Crippen LogP) is 10.3. The SMILES string of the molecule is CCCCCCCCCCCCC[n+]1cc(CCCCCCC)cc(CCCCCCC)c1. The second-order valence-corrected chi connectivity index (χ2v) is 10.7. The number of hydrogen-bond donors (Lipinski definition) is 0. The Kier molecular flexibility index (Phi) is 21.0. The van der Waals surface area contributed by atoms with Crippen molar-refractivity contribution >= 4 is 0 Å². The molecule has 0 bridgehead atoms. The summed E-state index contributed by atoms with van der Waals surface area (Å²) in [5, 5.41) is 0. The van der Waals surface area contributed by atoms with Gasteiger partial charge in [-0.1, -0.05) is 130 Å². The van der Waals surface area contributed by atoms with E-state index in [9.17, 15) is 0 Å². The predicted molar refractivity (Wildman–Crippen MR) is 148 cm³/mol. The first-order chi connectivity index (χ1) is 16.3. The molecule has 0 spiro atoms. The Morgan fingerprint density at radius 1 is 0.424 bits per heavy atom. The fourth-order valence-corrected chi connectivity index (χ4v) is 5.00. The molecule has 0 fully saturated rings. The standard InChI is InChI=1S/C32H60N/c1-4-7-10-13-14-15-16-17-18-21-24-27-33-29-31(25-22-19-11-8-5-2)28-32(30-33)26-23-20-12-9-6-3/h28-30H,4-27H2,1-3H3/q+1. The quantitative estimate of drug-likeness (QED) is 0.107. The van der Waals surface area contributed by atoms with Gasteiger partial charge in [0.2, 0.25) is 0 Å². The summed E-state index contributed by atoms with van der Waals surface area (Å²) in [7, 11) is 0. The summed E-state index contributed by atoms with van der Waals surface area (Å²) in [6, 6.07) is 2.52. The van der Waals surface area contributed by atoms with E-state index in [1.807, 2.05) is 0 Å². The second kappa shape index (κ2) is 22.9. The zero-order valence-corrected chi connectivity index (χ0v) is 23.1. The first kappa shape index (κ1) is 30.2. The Hall–Kier alpha value is -0.850. The van der Waals surface area contributed by atoms with Crippen molar-refractivity contribution in [2.24, 2.45) is 0 Å². The molecule has 0 saturated heterocycles. The summed E-state index contributed by atoms with van der Waals surface area (Å²) < 4.78 is 2.54. The fraction of sp³-hybridized carbons (Fsp3) is 0.844. The average molecular weight is 459 g/mol. The molecule has 33 heavy (non-hydrogen) atoms. The third-order valence-electron chi connectivity index (χ3n) is 7.19. The van der Waals surface area contributed by atoms with E-state index in [1.54, 1.807) is 11.1 Å². The molecular formula is C32H60N+. The lowest BCUT2D eigenvalue weighted by Crippen LogP contribution is -2.34. The number of unbranched alkanes of at least 4 members (excludes halogenated alkanes) is 18. The maximum Gasteiger partial charge on any atom is 0.171 e. The van der Waals surface area contributed by atoms with Crippen LogP contribution in [0.3, 0.4) is 0 Å². The van der Waals surface area contributed by atoms with E-state index in [4.69, 9.17) is 0 Å². The molecular weight excluding hydrogens is 398 g/mol. The number of nitrogens with zero attached hydrogens (tertiary/aromatic N) is 1. The Morgan fingerprint density at radius 3 is 1.15 bits per heavy atom. The molecule has 1 aromatic rings. The van der Waals surface area contributed by atoms with Crippen LogP contribution in [0.5, 0.6) is 0 Å². The molecule has 0 aromatic carbocycles. The molecule has 0 amide bonds. The molecule has 1 aromatic heterocycles. The number of aryl methyl sites for hydroxylation is 3. The third-order valence-corrected chi connectivity index (χ3v) is 7.19. The lowest BCUT2D eigenvalue weighted by molar-refractivity contribution is -0.698. The molecule has 1 heteroatoms. The minimum atomic E-state index is 1.21. The molecule has 0 radical (unpaired) electrons. The highest BCUT2D eigenvalue weighted by Crippen LogP contribution is 2.14. The van der Waals surface area contributed by atoms with Gasteiger partial charge < -0.3 is 0 Å².